The van der Waals surface area contributed by atoms with Crippen molar-refractivity contribution in [2.24, 2.45) is 0 Å². The number of amides is 1. The van der Waals surface area contributed by atoms with Crippen LogP contribution in [0.1, 0.15) is 57.6 Å². The fourth-order valence-electron chi connectivity index (χ4n) is 5.30. The predicted octanol–water partition coefficient (Wildman–Crippen LogP) is 3.50. The molecule has 0 N–H and O–H groups in total. The maximum Gasteiger partial charge on any atom is 0.236 e. The number of carbonyl (C=O) groups excluding carboxylic acids is 1. The Morgan fingerprint density at radius 2 is 1.78 bits per heavy atom. The molecule has 27 heavy (non-hydrogen) atoms. The molecule has 0 aliphatic carbocycles. The van der Waals surface area contributed by atoms with Crippen LogP contribution < -0.4 is 0 Å². The van der Waals surface area contributed by atoms with Crippen LogP contribution in [0.2, 0.25) is 0 Å². The molecule has 0 aromatic heterocycles. The van der Waals surface area contributed by atoms with Crippen LogP contribution in [-0.2, 0) is 16.8 Å². The van der Waals surface area contributed by atoms with Crippen molar-refractivity contribution in [3.63, 3.8) is 0 Å². The normalized spacial score (nSPS) is 20.0. The molecule has 2 aliphatic rings. The van der Waals surface area contributed by atoms with E-state index in [0.29, 0.717) is 12.6 Å². The molecule has 4 nitrogen and oxygen atoms in total. The van der Waals surface area contributed by atoms with Crippen LogP contribution in [0.5, 0.6) is 0 Å². The van der Waals surface area contributed by atoms with E-state index < -0.39 is 0 Å². The van der Waals surface area contributed by atoms with Crippen LogP contribution in [0.15, 0.2) is 24.3 Å². The minimum Gasteiger partial charge on any atom is -0.342 e. The third-order valence-electron chi connectivity index (χ3n) is 7.08. The molecule has 150 valence electrons. The third kappa shape index (κ3) is 3.93. The molecule has 1 aromatic rings. The number of rotatable bonds is 6. The van der Waals surface area contributed by atoms with E-state index in [1.165, 1.54) is 5.56 Å². The number of piperidine rings is 1. The Morgan fingerprint density at radius 3 is 2.41 bits per heavy atom. The molecule has 0 atom stereocenters. The summed E-state index contributed by atoms with van der Waals surface area (Å²) in [7, 11) is 1.97. The van der Waals surface area contributed by atoms with Crippen LogP contribution in [0.4, 0.5) is 0 Å². The number of carbonyl (C=O) groups is 1. The Bertz CT molecular complexity index is 632. The standard InChI is InChI=1S/C23H37N3O/c1-5-20(6-2)24(4)22(27)18-25-16-13-23(14-17-25)21-11-9-8-10-19(21)12-15-26(23)7-3/h8-11,20H,5-7,12-18H2,1-4H3. The predicted molar refractivity (Wildman–Crippen MR) is 112 cm³/mol. The van der Waals surface area contributed by atoms with E-state index in [4.69, 9.17) is 0 Å². The van der Waals surface area contributed by atoms with Crippen LogP contribution in [0.3, 0.4) is 0 Å². The maximum atomic E-state index is 12.7. The van der Waals surface area contributed by atoms with Crippen molar-refractivity contribution in [2.75, 3.05) is 39.8 Å². The monoisotopic (exact) mass is 371 g/mol. The van der Waals surface area contributed by atoms with Crippen molar-refractivity contribution < 1.29 is 4.79 Å². The van der Waals surface area contributed by atoms with Crippen molar-refractivity contribution in [2.45, 2.75) is 64.5 Å². The zero-order valence-corrected chi connectivity index (χ0v) is 17.7. The Labute approximate surface area is 165 Å². The fourth-order valence-corrected chi connectivity index (χ4v) is 5.30. The molecule has 0 unspecified atom stereocenters. The molecule has 1 fully saturated rings. The molecule has 2 aliphatic heterocycles. The molecular weight excluding hydrogens is 334 g/mol. The lowest BCUT2D eigenvalue weighted by atomic mass is 9.74. The SMILES string of the molecule is CCC(CC)N(C)C(=O)CN1CCC2(CC1)c1ccccc1CCN2CC. The van der Waals surface area contributed by atoms with E-state index in [1.54, 1.807) is 5.56 Å². The molecule has 0 saturated carbocycles. The Kier molecular flexibility index (Phi) is 6.59. The second kappa shape index (κ2) is 8.74. The van der Waals surface area contributed by atoms with Crippen molar-refractivity contribution in [3.8, 4) is 0 Å². The van der Waals surface area contributed by atoms with Gasteiger partial charge >= 0.3 is 0 Å². The van der Waals surface area contributed by atoms with Gasteiger partial charge in [-0.2, -0.15) is 0 Å². The minimum absolute atomic E-state index is 0.171. The third-order valence-corrected chi connectivity index (χ3v) is 7.08. The van der Waals surface area contributed by atoms with Crippen LogP contribution in [0, 0.1) is 0 Å². The molecular formula is C23H37N3O. The smallest absolute Gasteiger partial charge is 0.236 e. The first-order valence-corrected chi connectivity index (χ1v) is 10.9. The highest BCUT2D eigenvalue weighted by Gasteiger charge is 2.44. The summed E-state index contributed by atoms with van der Waals surface area (Å²) in [5, 5.41) is 0. The van der Waals surface area contributed by atoms with Gasteiger partial charge in [-0.3, -0.25) is 14.6 Å². The number of likely N-dealkylation sites (tertiary alicyclic amines) is 1. The van der Waals surface area contributed by atoms with E-state index >= 15 is 0 Å². The van der Waals surface area contributed by atoms with Gasteiger partial charge in [-0.1, -0.05) is 45.0 Å². The Balaban J connectivity index is 1.68. The lowest BCUT2D eigenvalue weighted by Gasteiger charge is -2.52. The first-order valence-electron chi connectivity index (χ1n) is 10.9. The fraction of sp³-hybridized carbons (Fsp3) is 0.696. The summed E-state index contributed by atoms with van der Waals surface area (Å²) in [6, 6.07) is 9.40. The van der Waals surface area contributed by atoms with E-state index in [9.17, 15) is 4.79 Å². The maximum absolute atomic E-state index is 12.7. The quantitative estimate of drug-likeness (QED) is 0.766. The summed E-state index contributed by atoms with van der Waals surface area (Å²) >= 11 is 0. The van der Waals surface area contributed by atoms with Gasteiger partial charge in [0, 0.05) is 38.3 Å². The largest absolute Gasteiger partial charge is 0.342 e. The average molecular weight is 372 g/mol. The van der Waals surface area contributed by atoms with Gasteiger partial charge < -0.3 is 4.90 Å². The number of likely N-dealkylation sites (N-methyl/N-ethyl adjacent to an activating group) is 2. The van der Waals surface area contributed by atoms with E-state index in [2.05, 4.69) is 54.8 Å². The Morgan fingerprint density at radius 1 is 1.11 bits per heavy atom. The molecule has 0 radical (unpaired) electrons. The van der Waals surface area contributed by atoms with Crippen LogP contribution >= 0.6 is 0 Å². The molecule has 2 heterocycles. The van der Waals surface area contributed by atoms with Crippen molar-refractivity contribution >= 4 is 5.91 Å². The van der Waals surface area contributed by atoms with Gasteiger partial charge in [0.1, 0.15) is 0 Å². The number of fused-ring (bicyclic) bond motifs is 2. The molecule has 3 rings (SSSR count). The van der Waals surface area contributed by atoms with Crippen molar-refractivity contribution in [3.05, 3.63) is 35.4 Å². The summed E-state index contributed by atoms with van der Waals surface area (Å²) in [6.07, 6.45) is 5.47. The Hall–Kier alpha value is -1.39. The molecule has 0 bridgehead atoms. The van der Waals surface area contributed by atoms with Gasteiger partial charge in [0.15, 0.2) is 0 Å². The number of benzene rings is 1. The average Bonchev–Trinajstić information content (AvgIpc) is 2.71. The zero-order valence-electron chi connectivity index (χ0n) is 17.7. The highest BCUT2D eigenvalue weighted by atomic mass is 16.2. The van der Waals surface area contributed by atoms with Gasteiger partial charge in [-0.15, -0.1) is 0 Å². The van der Waals surface area contributed by atoms with Gasteiger partial charge in [-0.05, 0) is 49.8 Å². The van der Waals surface area contributed by atoms with E-state index in [0.717, 1.165) is 58.3 Å². The lowest BCUT2D eigenvalue weighted by Crippen LogP contribution is -2.57. The summed E-state index contributed by atoms with van der Waals surface area (Å²) in [4.78, 5) is 19.8. The van der Waals surface area contributed by atoms with Crippen LogP contribution in [0.25, 0.3) is 0 Å². The first-order chi connectivity index (χ1) is 13.1. The number of hydrogen-bond acceptors (Lipinski definition) is 3. The van der Waals surface area contributed by atoms with E-state index in [-0.39, 0.29) is 11.4 Å². The number of hydrogen-bond donors (Lipinski definition) is 0. The van der Waals surface area contributed by atoms with Gasteiger partial charge in [0.25, 0.3) is 0 Å². The molecule has 1 saturated heterocycles. The summed E-state index contributed by atoms with van der Waals surface area (Å²) in [5.41, 5.74) is 3.24. The highest BCUT2D eigenvalue weighted by molar-refractivity contribution is 5.78. The summed E-state index contributed by atoms with van der Waals surface area (Å²) in [6.45, 7) is 11.5. The second-order valence-electron chi connectivity index (χ2n) is 8.27. The van der Waals surface area contributed by atoms with Gasteiger partial charge in [0.2, 0.25) is 5.91 Å². The molecule has 1 amide bonds. The summed E-state index contributed by atoms with van der Waals surface area (Å²) < 4.78 is 0. The van der Waals surface area contributed by atoms with Crippen molar-refractivity contribution in [1.82, 2.24) is 14.7 Å². The minimum atomic E-state index is 0.171. The second-order valence-corrected chi connectivity index (χ2v) is 8.27. The zero-order chi connectivity index (χ0) is 19.4. The van der Waals surface area contributed by atoms with Crippen LogP contribution in [-0.4, -0.2) is 66.4 Å². The first kappa shape index (κ1) is 20.3. The molecule has 1 spiro atoms. The topological polar surface area (TPSA) is 26.8 Å². The van der Waals surface area contributed by atoms with Gasteiger partial charge in [0.05, 0.1) is 6.54 Å². The van der Waals surface area contributed by atoms with E-state index in [1.807, 2.05) is 11.9 Å². The number of nitrogens with zero attached hydrogens (tertiary/aromatic N) is 3. The molecule has 1 aromatic carbocycles. The summed E-state index contributed by atoms with van der Waals surface area (Å²) in [5.74, 6) is 0.274. The lowest BCUT2D eigenvalue weighted by molar-refractivity contribution is -0.134. The highest BCUT2D eigenvalue weighted by Crippen LogP contribution is 2.43. The van der Waals surface area contributed by atoms with Gasteiger partial charge in [-0.25, -0.2) is 0 Å². The van der Waals surface area contributed by atoms with Crippen molar-refractivity contribution in [1.29, 1.82) is 0 Å². The molecule has 4 heteroatoms.